The van der Waals surface area contributed by atoms with E-state index >= 15 is 0 Å². The van der Waals surface area contributed by atoms with Crippen molar-refractivity contribution in [2.24, 2.45) is 11.8 Å². The first-order valence-electron chi connectivity index (χ1n) is 13.7. The van der Waals surface area contributed by atoms with Gasteiger partial charge in [0.05, 0.1) is 12.2 Å². The van der Waals surface area contributed by atoms with Crippen LogP contribution in [0.2, 0.25) is 0 Å². The van der Waals surface area contributed by atoms with E-state index < -0.39 is 0 Å². The van der Waals surface area contributed by atoms with Crippen molar-refractivity contribution in [1.29, 1.82) is 0 Å². The normalized spacial score (nSPS) is 43.6. The van der Waals surface area contributed by atoms with Gasteiger partial charge >= 0.3 is 0 Å². The van der Waals surface area contributed by atoms with E-state index in [1.54, 1.807) is 0 Å². The molecule has 0 amide bonds. The van der Waals surface area contributed by atoms with E-state index in [0.29, 0.717) is 30.3 Å². The molecule has 3 heterocycles. The average molecular weight is 465 g/mol. The molecular formula is C25H48N6O2. The molecule has 33 heavy (non-hydrogen) atoms. The molecule has 190 valence electrons. The van der Waals surface area contributed by atoms with Crippen LogP contribution in [-0.4, -0.2) is 99.2 Å². The molecule has 5 rings (SSSR count). The highest BCUT2D eigenvalue weighted by atomic mass is 16.5. The summed E-state index contributed by atoms with van der Waals surface area (Å²) in [5.41, 5.74) is 0. The van der Waals surface area contributed by atoms with Crippen LogP contribution < -0.4 is 21.3 Å². The topological polar surface area (TPSA) is 73.1 Å². The molecule has 0 bridgehead atoms. The second kappa shape index (κ2) is 11.2. The van der Waals surface area contributed by atoms with E-state index in [1.165, 1.54) is 38.5 Å². The third-order valence-corrected chi connectivity index (χ3v) is 9.15. The number of rotatable bonds is 6. The van der Waals surface area contributed by atoms with Crippen LogP contribution in [0.3, 0.4) is 0 Å². The summed E-state index contributed by atoms with van der Waals surface area (Å²) in [6.45, 7) is 11.3. The summed E-state index contributed by atoms with van der Waals surface area (Å²) >= 11 is 0. The number of piperazine rings is 1. The van der Waals surface area contributed by atoms with Gasteiger partial charge in [-0.15, -0.1) is 0 Å². The van der Waals surface area contributed by atoms with Crippen LogP contribution in [0.15, 0.2) is 0 Å². The van der Waals surface area contributed by atoms with E-state index in [-0.39, 0.29) is 12.6 Å². The minimum absolute atomic E-state index is 0.105. The van der Waals surface area contributed by atoms with Crippen LogP contribution in [-0.2, 0) is 9.47 Å². The van der Waals surface area contributed by atoms with Gasteiger partial charge in [0.15, 0.2) is 6.35 Å². The molecule has 8 nitrogen and oxygen atoms in total. The summed E-state index contributed by atoms with van der Waals surface area (Å²) in [7, 11) is 1.86. The quantitative estimate of drug-likeness (QED) is 0.466. The molecule has 4 unspecified atom stereocenters. The van der Waals surface area contributed by atoms with Gasteiger partial charge in [0.1, 0.15) is 6.29 Å². The molecule has 0 radical (unpaired) electrons. The zero-order valence-corrected chi connectivity index (χ0v) is 21.1. The first-order valence-corrected chi connectivity index (χ1v) is 13.7. The summed E-state index contributed by atoms with van der Waals surface area (Å²) in [6.07, 6.45) is 9.76. The molecule has 5 fully saturated rings. The van der Waals surface area contributed by atoms with Gasteiger partial charge in [0.25, 0.3) is 0 Å². The lowest BCUT2D eigenvalue weighted by Gasteiger charge is -2.41. The Morgan fingerprint density at radius 2 is 1.64 bits per heavy atom. The lowest BCUT2D eigenvalue weighted by atomic mass is 9.78. The largest absolute Gasteiger partial charge is 0.381 e. The number of nitrogens with zero attached hydrogens (tertiary/aromatic N) is 2. The lowest BCUT2D eigenvalue weighted by Crippen LogP contribution is -2.63. The Labute approximate surface area is 200 Å². The van der Waals surface area contributed by atoms with Crippen molar-refractivity contribution in [3.8, 4) is 0 Å². The van der Waals surface area contributed by atoms with Gasteiger partial charge in [-0.3, -0.25) is 31.1 Å². The maximum absolute atomic E-state index is 6.54. The molecule has 0 aromatic rings. The van der Waals surface area contributed by atoms with Gasteiger partial charge in [-0.1, -0.05) is 0 Å². The Hall–Kier alpha value is -0.320. The fourth-order valence-electron chi connectivity index (χ4n) is 6.85. The standard InChI is InChI=1S/C25H48N6O2/c1-17(2)30-10-12-31(13-11-30)25-29-22-9-6-20(14-23(22)33-25)28-24-26-15-19(16-27-24)18-4-7-21(32-3)8-5-18/h17-29H,4-16H2,1-3H3. The van der Waals surface area contributed by atoms with Crippen molar-refractivity contribution in [2.45, 2.75) is 102 Å². The molecule has 0 aromatic heterocycles. The van der Waals surface area contributed by atoms with Gasteiger partial charge in [-0.05, 0) is 70.6 Å². The van der Waals surface area contributed by atoms with E-state index in [0.717, 1.165) is 57.5 Å². The summed E-state index contributed by atoms with van der Waals surface area (Å²) in [6, 6.07) is 1.67. The number of fused-ring (bicyclic) bond motifs is 1. The smallest absolute Gasteiger partial charge is 0.166 e. The second-order valence-electron chi connectivity index (χ2n) is 11.4. The maximum Gasteiger partial charge on any atom is 0.166 e. The Kier molecular flexibility index (Phi) is 8.25. The minimum Gasteiger partial charge on any atom is -0.381 e. The van der Waals surface area contributed by atoms with Crippen LogP contribution in [0.1, 0.15) is 58.8 Å². The fraction of sp³-hybridized carbons (Fsp3) is 1.00. The van der Waals surface area contributed by atoms with E-state index in [9.17, 15) is 0 Å². The fourth-order valence-corrected chi connectivity index (χ4v) is 6.85. The van der Waals surface area contributed by atoms with Crippen LogP contribution in [0, 0.1) is 11.8 Å². The van der Waals surface area contributed by atoms with Gasteiger partial charge in [0.2, 0.25) is 0 Å². The Morgan fingerprint density at radius 1 is 0.909 bits per heavy atom. The molecule has 5 aliphatic rings. The number of methoxy groups -OCH3 is 1. The zero-order chi connectivity index (χ0) is 22.8. The van der Waals surface area contributed by atoms with Gasteiger partial charge in [-0.2, -0.15) is 0 Å². The van der Waals surface area contributed by atoms with Crippen molar-refractivity contribution in [2.75, 3.05) is 46.4 Å². The predicted molar refractivity (Wildman–Crippen MR) is 131 cm³/mol. The molecule has 3 saturated heterocycles. The lowest BCUT2D eigenvalue weighted by molar-refractivity contribution is -0.0861. The van der Waals surface area contributed by atoms with Crippen molar-refractivity contribution in [3.05, 3.63) is 0 Å². The van der Waals surface area contributed by atoms with Gasteiger partial charge in [-0.25, -0.2) is 0 Å². The number of hydrogen-bond acceptors (Lipinski definition) is 8. The number of nitrogens with one attached hydrogen (secondary N) is 4. The van der Waals surface area contributed by atoms with E-state index in [2.05, 4.69) is 44.9 Å². The SMILES string of the molecule is COC1CCC(C2CNC(NC3CCC4NC(N5CCN(C(C)C)CC5)OC4C3)NC2)CC1. The van der Waals surface area contributed by atoms with Crippen molar-refractivity contribution in [3.63, 3.8) is 0 Å². The molecule has 0 spiro atoms. The summed E-state index contributed by atoms with van der Waals surface area (Å²) in [5, 5.41) is 15.1. The van der Waals surface area contributed by atoms with Crippen molar-refractivity contribution < 1.29 is 9.47 Å². The van der Waals surface area contributed by atoms with Crippen molar-refractivity contribution in [1.82, 2.24) is 31.1 Å². The number of ether oxygens (including phenoxy) is 2. The molecule has 4 N–H and O–H groups in total. The van der Waals surface area contributed by atoms with Crippen LogP contribution in [0.25, 0.3) is 0 Å². The Morgan fingerprint density at radius 3 is 2.30 bits per heavy atom. The Bertz CT molecular complexity index is 600. The third-order valence-electron chi connectivity index (χ3n) is 9.15. The zero-order valence-electron chi connectivity index (χ0n) is 21.1. The van der Waals surface area contributed by atoms with E-state index in [1.807, 2.05) is 7.11 Å². The first kappa shape index (κ1) is 24.4. The Balaban J connectivity index is 1.02. The summed E-state index contributed by atoms with van der Waals surface area (Å²) in [5.74, 6) is 1.58. The van der Waals surface area contributed by atoms with E-state index in [4.69, 9.17) is 9.47 Å². The molecule has 2 saturated carbocycles. The van der Waals surface area contributed by atoms with Gasteiger partial charge < -0.3 is 9.47 Å². The van der Waals surface area contributed by atoms with Crippen molar-refractivity contribution >= 4 is 0 Å². The predicted octanol–water partition coefficient (Wildman–Crippen LogP) is 1.09. The second-order valence-corrected chi connectivity index (χ2v) is 11.4. The molecule has 4 atom stereocenters. The average Bonchev–Trinajstić information content (AvgIpc) is 3.28. The third kappa shape index (κ3) is 5.92. The van der Waals surface area contributed by atoms with Gasteiger partial charge in [0, 0.05) is 64.5 Å². The van der Waals surface area contributed by atoms with Crippen LogP contribution >= 0.6 is 0 Å². The highest BCUT2D eigenvalue weighted by Gasteiger charge is 2.42. The summed E-state index contributed by atoms with van der Waals surface area (Å²) in [4.78, 5) is 5.07. The molecule has 2 aliphatic carbocycles. The van der Waals surface area contributed by atoms with Crippen LogP contribution in [0.5, 0.6) is 0 Å². The highest BCUT2D eigenvalue weighted by molar-refractivity contribution is 4.95. The van der Waals surface area contributed by atoms with Crippen LogP contribution in [0.4, 0.5) is 0 Å². The first-order chi connectivity index (χ1) is 16.1. The summed E-state index contributed by atoms with van der Waals surface area (Å²) < 4.78 is 12.1. The monoisotopic (exact) mass is 464 g/mol. The molecule has 8 heteroatoms. The maximum atomic E-state index is 6.54. The molecule has 0 aromatic carbocycles. The molecular weight excluding hydrogens is 416 g/mol. The number of hydrogen-bond donors (Lipinski definition) is 4. The minimum atomic E-state index is 0.105. The molecule has 3 aliphatic heterocycles. The highest BCUT2D eigenvalue weighted by Crippen LogP contribution is 2.32.